The molecule has 1 aromatic rings. The Morgan fingerprint density at radius 3 is 2.54 bits per heavy atom. The lowest BCUT2D eigenvalue weighted by Crippen LogP contribution is -2.44. The van der Waals surface area contributed by atoms with E-state index in [1.807, 2.05) is 31.2 Å². The maximum Gasteiger partial charge on any atom is 0.234 e. The summed E-state index contributed by atoms with van der Waals surface area (Å²) in [5.41, 5.74) is 0. The van der Waals surface area contributed by atoms with Crippen molar-refractivity contribution < 1.29 is 14.3 Å². The number of para-hydroxylation sites is 2. The Balaban J connectivity index is 1.76. The fraction of sp³-hybridized carbons (Fsp3) is 0.632. The molecule has 0 unspecified atom stereocenters. The number of hydrogen-bond donors (Lipinski definition) is 1. The van der Waals surface area contributed by atoms with Gasteiger partial charge in [-0.2, -0.15) is 0 Å². The van der Waals surface area contributed by atoms with Crippen LogP contribution in [0.15, 0.2) is 24.3 Å². The van der Waals surface area contributed by atoms with Gasteiger partial charge >= 0.3 is 0 Å². The van der Waals surface area contributed by atoms with Gasteiger partial charge in [0, 0.05) is 19.6 Å². The zero-order chi connectivity index (χ0) is 17.4. The molecule has 0 atom stereocenters. The number of benzene rings is 1. The normalized spacial score (nSPS) is 16.2. The molecule has 1 N–H and O–H groups in total. The highest BCUT2D eigenvalue weighted by molar-refractivity contribution is 5.78. The Hall–Kier alpha value is -1.75. The molecule has 0 saturated carbocycles. The van der Waals surface area contributed by atoms with Gasteiger partial charge in [-0.05, 0) is 37.8 Å². The summed E-state index contributed by atoms with van der Waals surface area (Å²) in [5, 5.41) is 2.97. The number of piperidine rings is 1. The van der Waals surface area contributed by atoms with E-state index < -0.39 is 0 Å². The van der Waals surface area contributed by atoms with Crippen LogP contribution in [-0.2, 0) is 4.79 Å². The minimum atomic E-state index is 0.116. The van der Waals surface area contributed by atoms with Gasteiger partial charge in [0.2, 0.25) is 5.91 Å². The zero-order valence-electron chi connectivity index (χ0n) is 15.1. The largest absolute Gasteiger partial charge is 0.490 e. The number of nitrogens with zero attached hydrogens (tertiary/aromatic N) is 1. The molecule has 1 aliphatic heterocycles. The summed E-state index contributed by atoms with van der Waals surface area (Å²) in [7, 11) is 0. The highest BCUT2D eigenvalue weighted by Crippen LogP contribution is 2.29. The van der Waals surface area contributed by atoms with Crippen LogP contribution in [0.3, 0.4) is 0 Å². The molecule has 1 fully saturated rings. The Bertz CT molecular complexity index is 511. The van der Waals surface area contributed by atoms with E-state index in [1.165, 1.54) is 0 Å². The third-order valence-electron chi connectivity index (χ3n) is 4.05. The highest BCUT2D eigenvalue weighted by Gasteiger charge is 2.22. The van der Waals surface area contributed by atoms with Gasteiger partial charge in [0.05, 0.1) is 13.2 Å². The van der Waals surface area contributed by atoms with Crippen LogP contribution in [0.5, 0.6) is 11.5 Å². The first-order valence-corrected chi connectivity index (χ1v) is 8.96. The van der Waals surface area contributed by atoms with Gasteiger partial charge in [0.15, 0.2) is 11.5 Å². The van der Waals surface area contributed by atoms with Crippen molar-refractivity contribution in [3.05, 3.63) is 24.3 Å². The van der Waals surface area contributed by atoms with Gasteiger partial charge < -0.3 is 14.8 Å². The van der Waals surface area contributed by atoms with Crippen molar-refractivity contribution in [3.8, 4) is 11.5 Å². The van der Waals surface area contributed by atoms with Gasteiger partial charge in [0.1, 0.15) is 6.10 Å². The van der Waals surface area contributed by atoms with Crippen molar-refractivity contribution >= 4 is 5.91 Å². The van der Waals surface area contributed by atoms with E-state index in [2.05, 4.69) is 24.1 Å². The van der Waals surface area contributed by atoms with Gasteiger partial charge in [-0.3, -0.25) is 9.69 Å². The van der Waals surface area contributed by atoms with Crippen molar-refractivity contribution in [2.24, 2.45) is 5.92 Å². The number of hydrogen-bond acceptors (Lipinski definition) is 4. The van der Waals surface area contributed by atoms with Crippen molar-refractivity contribution in [1.29, 1.82) is 0 Å². The molecule has 0 spiro atoms. The minimum Gasteiger partial charge on any atom is -0.490 e. The SMILES string of the molecule is CCOc1ccccc1OC1CCN(CC(=O)NCC(C)C)CC1. The number of likely N-dealkylation sites (tertiary alicyclic amines) is 1. The van der Waals surface area contributed by atoms with Gasteiger partial charge in [-0.15, -0.1) is 0 Å². The molecule has 1 amide bonds. The van der Waals surface area contributed by atoms with Crippen LogP contribution in [0.1, 0.15) is 33.6 Å². The zero-order valence-corrected chi connectivity index (χ0v) is 15.1. The van der Waals surface area contributed by atoms with Gasteiger partial charge in [-0.1, -0.05) is 26.0 Å². The summed E-state index contributed by atoms with van der Waals surface area (Å²) in [4.78, 5) is 14.1. The topological polar surface area (TPSA) is 50.8 Å². The molecule has 0 aromatic heterocycles. The lowest BCUT2D eigenvalue weighted by Gasteiger charge is -2.32. The molecule has 1 aliphatic rings. The van der Waals surface area contributed by atoms with Crippen LogP contribution in [-0.4, -0.2) is 49.7 Å². The summed E-state index contributed by atoms with van der Waals surface area (Å²) in [5.74, 6) is 2.21. The van der Waals surface area contributed by atoms with Gasteiger partial charge in [-0.25, -0.2) is 0 Å². The molecular formula is C19H30N2O3. The Morgan fingerprint density at radius 1 is 1.25 bits per heavy atom. The smallest absolute Gasteiger partial charge is 0.234 e. The number of carbonyl (C=O) groups excluding carboxylic acids is 1. The molecule has 0 bridgehead atoms. The second kappa shape index (κ2) is 9.52. The molecule has 5 nitrogen and oxygen atoms in total. The van der Waals surface area contributed by atoms with E-state index >= 15 is 0 Å². The quantitative estimate of drug-likeness (QED) is 0.794. The highest BCUT2D eigenvalue weighted by atomic mass is 16.5. The summed E-state index contributed by atoms with van der Waals surface area (Å²) in [6.45, 7) is 9.80. The fourth-order valence-electron chi connectivity index (χ4n) is 2.76. The molecule has 2 rings (SSSR count). The molecular weight excluding hydrogens is 304 g/mol. The van der Waals surface area contributed by atoms with Crippen LogP contribution in [0.4, 0.5) is 0 Å². The van der Waals surface area contributed by atoms with Crippen LogP contribution in [0.25, 0.3) is 0 Å². The molecule has 0 aliphatic carbocycles. The molecule has 1 heterocycles. The van der Waals surface area contributed by atoms with Crippen molar-refractivity contribution in [2.45, 2.75) is 39.7 Å². The third kappa shape index (κ3) is 6.04. The van der Waals surface area contributed by atoms with Crippen LogP contribution >= 0.6 is 0 Å². The standard InChI is InChI=1S/C19H30N2O3/c1-4-23-17-7-5-6-8-18(17)24-16-9-11-21(12-10-16)14-19(22)20-13-15(2)3/h5-8,15-16H,4,9-14H2,1-3H3,(H,20,22). The summed E-state index contributed by atoms with van der Waals surface area (Å²) in [6.07, 6.45) is 2.04. The number of carbonyl (C=O) groups is 1. The van der Waals surface area contributed by atoms with Crippen LogP contribution in [0.2, 0.25) is 0 Å². The van der Waals surface area contributed by atoms with Crippen LogP contribution in [0, 0.1) is 5.92 Å². The average Bonchev–Trinajstić information content (AvgIpc) is 2.57. The number of amides is 1. The Labute approximate surface area is 145 Å². The van der Waals surface area contributed by atoms with E-state index in [0.717, 1.165) is 44.0 Å². The molecule has 0 radical (unpaired) electrons. The van der Waals surface area contributed by atoms with Gasteiger partial charge in [0.25, 0.3) is 0 Å². The predicted molar refractivity (Wildman–Crippen MR) is 95.5 cm³/mol. The first-order valence-electron chi connectivity index (χ1n) is 8.96. The molecule has 1 saturated heterocycles. The maximum atomic E-state index is 11.9. The monoisotopic (exact) mass is 334 g/mol. The minimum absolute atomic E-state index is 0.116. The lowest BCUT2D eigenvalue weighted by atomic mass is 10.1. The average molecular weight is 334 g/mol. The Kier molecular flexibility index (Phi) is 7.37. The first-order chi connectivity index (χ1) is 11.6. The fourth-order valence-corrected chi connectivity index (χ4v) is 2.76. The van der Waals surface area contributed by atoms with E-state index in [4.69, 9.17) is 9.47 Å². The number of nitrogens with one attached hydrogen (secondary N) is 1. The summed E-state index contributed by atoms with van der Waals surface area (Å²) >= 11 is 0. The Morgan fingerprint density at radius 2 is 1.92 bits per heavy atom. The summed E-state index contributed by atoms with van der Waals surface area (Å²) in [6, 6.07) is 7.81. The number of ether oxygens (including phenoxy) is 2. The van der Waals surface area contributed by atoms with E-state index in [0.29, 0.717) is 19.1 Å². The number of rotatable bonds is 8. The molecule has 1 aromatic carbocycles. The van der Waals surface area contributed by atoms with E-state index in [-0.39, 0.29) is 12.0 Å². The predicted octanol–water partition coefficient (Wildman–Crippen LogP) is 2.70. The molecule has 5 heteroatoms. The van der Waals surface area contributed by atoms with Crippen molar-refractivity contribution in [1.82, 2.24) is 10.2 Å². The van der Waals surface area contributed by atoms with Crippen molar-refractivity contribution in [3.63, 3.8) is 0 Å². The molecule has 134 valence electrons. The van der Waals surface area contributed by atoms with Crippen molar-refractivity contribution in [2.75, 3.05) is 32.8 Å². The second-order valence-corrected chi connectivity index (χ2v) is 6.67. The van der Waals surface area contributed by atoms with E-state index in [1.54, 1.807) is 0 Å². The van der Waals surface area contributed by atoms with Crippen LogP contribution < -0.4 is 14.8 Å². The lowest BCUT2D eigenvalue weighted by molar-refractivity contribution is -0.122. The summed E-state index contributed by atoms with van der Waals surface area (Å²) < 4.78 is 11.7. The molecule has 24 heavy (non-hydrogen) atoms. The van der Waals surface area contributed by atoms with E-state index in [9.17, 15) is 4.79 Å². The first kappa shape index (κ1) is 18.6. The second-order valence-electron chi connectivity index (χ2n) is 6.67. The third-order valence-corrected chi connectivity index (χ3v) is 4.05. The maximum absolute atomic E-state index is 11.9.